The van der Waals surface area contributed by atoms with Crippen LogP contribution in [0.4, 0.5) is 0 Å². The van der Waals surface area contributed by atoms with Gasteiger partial charge in [0, 0.05) is 5.56 Å². The summed E-state index contributed by atoms with van der Waals surface area (Å²) < 4.78 is 0. The van der Waals surface area contributed by atoms with Crippen LogP contribution in [0.2, 0.25) is 0 Å². The molecule has 1 aromatic carbocycles. The van der Waals surface area contributed by atoms with Gasteiger partial charge in [0.15, 0.2) is 5.78 Å². The second-order valence-electron chi connectivity index (χ2n) is 7.46. The van der Waals surface area contributed by atoms with Gasteiger partial charge in [0.1, 0.15) is 0 Å². The van der Waals surface area contributed by atoms with Crippen LogP contribution in [0.5, 0.6) is 0 Å². The molecule has 2 rings (SSSR count). The zero-order chi connectivity index (χ0) is 17.4. The summed E-state index contributed by atoms with van der Waals surface area (Å²) >= 11 is 3.58. The van der Waals surface area contributed by atoms with E-state index in [0.717, 1.165) is 24.3 Å². The maximum Gasteiger partial charge on any atom is 0.176 e. The minimum atomic E-state index is -0.0283. The molecule has 1 aliphatic rings. The highest BCUT2D eigenvalue weighted by Crippen LogP contribution is 2.37. The minimum absolute atomic E-state index is 0.0283. The fourth-order valence-corrected chi connectivity index (χ4v) is 4.59. The van der Waals surface area contributed by atoms with Crippen LogP contribution < -0.4 is 0 Å². The zero-order valence-electron chi connectivity index (χ0n) is 15.4. The third-order valence-corrected chi connectivity index (χ3v) is 6.43. The van der Waals surface area contributed by atoms with Gasteiger partial charge in [-0.1, -0.05) is 86.1 Å². The maximum absolute atomic E-state index is 12.5. The minimum Gasteiger partial charge on any atom is -0.293 e. The number of unbranched alkanes of at least 4 members (excludes halogenated alkanes) is 2. The van der Waals surface area contributed by atoms with Crippen molar-refractivity contribution in [2.24, 2.45) is 5.92 Å². The van der Waals surface area contributed by atoms with E-state index in [-0.39, 0.29) is 10.6 Å². The largest absolute Gasteiger partial charge is 0.293 e. The van der Waals surface area contributed by atoms with E-state index in [4.69, 9.17) is 0 Å². The fourth-order valence-electron chi connectivity index (χ4n) is 4.00. The van der Waals surface area contributed by atoms with Crippen molar-refractivity contribution in [2.45, 2.75) is 88.8 Å². The van der Waals surface area contributed by atoms with Gasteiger partial charge in [0.25, 0.3) is 0 Å². The van der Waals surface area contributed by atoms with Crippen molar-refractivity contribution in [1.29, 1.82) is 0 Å². The molecule has 0 radical (unpaired) electrons. The van der Waals surface area contributed by atoms with Crippen LogP contribution in [-0.2, 0) is 0 Å². The lowest BCUT2D eigenvalue weighted by molar-refractivity contribution is 0.0988. The van der Waals surface area contributed by atoms with E-state index in [1.54, 1.807) is 0 Å². The molecule has 1 fully saturated rings. The lowest BCUT2D eigenvalue weighted by Gasteiger charge is -2.28. The molecular formula is C22H33BrO. The average molecular weight is 393 g/mol. The number of hydrogen-bond acceptors (Lipinski definition) is 1. The molecule has 2 heteroatoms. The van der Waals surface area contributed by atoms with E-state index in [0.29, 0.717) is 5.92 Å². The molecule has 0 N–H and O–H groups in total. The molecule has 1 atom stereocenters. The Morgan fingerprint density at radius 1 is 1.04 bits per heavy atom. The first-order valence-corrected chi connectivity index (χ1v) is 10.9. The second kappa shape index (κ2) is 10.4. The summed E-state index contributed by atoms with van der Waals surface area (Å²) in [5.41, 5.74) is 2.29. The van der Waals surface area contributed by atoms with E-state index in [9.17, 15) is 4.79 Å². The van der Waals surface area contributed by atoms with Gasteiger partial charge in [0.05, 0.1) is 4.83 Å². The molecule has 0 heterocycles. The van der Waals surface area contributed by atoms with Crippen LogP contribution in [0, 0.1) is 5.92 Å². The van der Waals surface area contributed by atoms with Crippen molar-refractivity contribution in [3.63, 3.8) is 0 Å². The highest BCUT2D eigenvalue weighted by atomic mass is 79.9. The molecule has 0 aliphatic heterocycles. The lowest BCUT2D eigenvalue weighted by Crippen LogP contribution is -2.15. The number of alkyl halides is 1. The van der Waals surface area contributed by atoms with Crippen LogP contribution in [0.3, 0.4) is 0 Å². The van der Waals surface area contributed by atoms with Crippen molar-refractivity contribution < 1.29 is 4.79 Å². The SMILES string of the molecule is CCCCC[C@@H](Br)C(=O)c1ccc(C2CCC(CCC)CC2)cc1. The van der Waals surface area contributed by atoms with Crippen molar-refractivity contribution in [3.05, 3.63) is 35.4 Å². The quantitative estimate of drug-likeness (QED) is 0.245. The molecule has 1 aliphatic carbocycles. The van der Waals surface area contributed by atoms with Crippen LogP contribution in [0.1, 0.15) is 99.9 Å². The number of ketones is 1. The smallest absolute Gasteiger partial charge is 0.176 e. The molecule has 134 valence electrons. The molecular weight excluding hydrogens is 360 g/mol. The normalized spacial score (nSPS) is 22.3. The van der Waals surface area contributed by atoms with E-state index in [1.807, 2.05) is 12.1 Å². The molecule has 24 heavy (non-hydrogen) atoms. The molecule has 0 bridgehead atoms. The Balaban J connectivity index is 1.87. The number of hydrogen-bond donors (Lipinski definition) is 0. The van der Waals surface area contributed by atoms with Gasteiger partial charge in [0.2, 0.25) is 0 Å². The number of Topliss-reactive ketones (excluding diaryl/α,β-unsaturated/α-hetero) is 1. The number of benzene rings is 1. The highest BCUT2D eigenvalue weighted by Gasteiger charge is 2.22. The monoisotopic (exact) mass is 392 g/mol. The molecule has 0 amide bonds. The number of halogens is 1. The molecule has 1 saturated carbocycles. The van der Waals surface area contributed by atoms with Crippen molar-refractivity contribution in [3.8, 4) is 0 Å². The third kappa shape index (κ3) is 5.72. The molecule has 1 nitrogen and oxygen atoms in total. The Labute approximate surface area is 156 Å². The first-order valence-electron chi connectivity index (χ1n) is 9.93. The summed E-state index contributed by atoms with van der Waals surface area (Å²) in [5, 5.41) is 0. The first kappa shape index (κ1) is 19.7. The zero-order valence-corrected chi connectivity index (χ0v) is 17.0. The maximum atomic E-state index is 12.5. The summed E-state index contributed by atoms with van der Waals surface area (Å²) in [7, 11) is 0. The van der Waals surface area contributed by atoms with Gasteiger partial charge >= 0.3 is 0 Å². The topological polar surface area (TPSA) is 17.1 Å². The first-order chi connectivity index (χ1) is 11.7. The molecule has 1 aromatic rings. The van der Waals surface area contributed by atoms with Crippen LogP contribution >= 0.6 is 15.9 Å². The fraction of sp³-hybridized carbons (Fsp3) is 0.682. The average Bonchev–Trinajstić information content (AvgIpc) is 2.62. The highest BCUT2D eigenvalue weighted by molar-refractivity contribution is 9.10. The Morgan fingerprint density at radius 2 is 1.71 bits per heavy atom. The number of carbonyl (C=O) groups excluding carboxylic acids is 1. The Bertz CT molecular complexity index is 485. The molecule has 0 unspecified atom stereocenters. The van der Waals surface area contributed by atoms with Gasteiger partial charge in [-0.25, -0.2) is 0 Å². The van der Waals surface area contributed by atoms with Gasteiger partial charge in [-0.2, -0.15) is 0 Å². The summed E-state index contributed by atoms with van der Waals surface area (Å²) in [4.78, 5) is 12.5. The van der Waals surface area contributed by atoms with E-state index < -0.39 is 0 Å². The predicted molar refractivity (Wildman–Crippen MR) is 107 cm³/mol. The predicted octanol–water partition coefficient (Wildman–Crippen LogP) is 7.29. The van der Waals surface area contributed by atoms with Crippen LogP contribution in [0.25, 0.3) is 0 Å². The van der Waals surface area contributed by atoms with E-state index >= 15 is 0 Å². The number of carbonyl (C=O) groups is 1. The van der Waals surface area contributed by atoms with Crippen LogP contribution in [-0.4, -0.2) is 10.6 Å². The van der Waals surface area contributed by atoms with Gasteiger partial charge in [-0.05, 0) is 49.5 Å². The molecule has 0 saturated heterocycles. The van der Waals surface area contributed by atoms with Crippen molar-refractivity contribution >= 4 is 21.7 Å². The van der Waals surface area contributed by atoms with Gasteiger partial charge in [-0.15, -0.1) is 0 Å². The number of rotatable bonds is 9. The standard InChI is InChI=1S/C22H33BrO/c1-3-5-6-8-21(23)22(24)20-15-13-19(14-16-20)18-11-9-17(7-4-2)10-12-18/h13-18,21H,3-12H2,1-2H3/t17?,18?,21-/m1/s1. The Hall–Kier alpha value is -0.630. The summed E-state index contributed by atoms with van der Waals surface area (Å²) in [5.74, 6) is 1.89. The second-order valence-corrected chi connectivity index (χ2v) is 8.56. The van der Waals surface area contributed by atoms with Crippen molar-refractivity contribution in [1.82, 2.24) is 0 Å². The van der Waals surface area contributed by atoms with E-state index in [2.05, 4.69) is 41.9 Å². The Morgan fingerprint density at radius 3 is 2.29 bits per heavy atom. The molecule has 0 spiro atoms. The van der Waals surface area contributed by atoms with Gasteiger partial charge < -0.3 is 0 Å². The summed E-state index contributed by atoms with van der Waals surface area (Å²) in [6, 6.07) is 8.49. The van der Waals surface area contributed by atoms with Crippen molar-refractivity contribution in [2.75, 3.05) is 0 Å². The third-order valence-electron chi connectivity index (χ3n) is 5.56. The summed E-state index contributed by atoms with van der Waals surface area (Å²) in [6.45, 7) is 4.49. The van der Waals surface area contributed by atoms with E-state index in [1.165, 1.54) is 56.9 Å². The molecule has 0 aromatic heterocycles. The van der Waals surface area contributed by atoms with Crippen LogP contribution in [0.15, 0.2) is 24.3 Å². The summed E-state index contributed by atoms with van der Waals surface area (Å²) in [6.07, 6.45) is 12.6. The Kier molecular flexibility index (Phi) is 8.52. The lowest BCUT2D eigenvalue weighted by atomic mass is 9.77. The van der Waals surface area contributed by atoms with Gasteiger partial charge in [-0.3, -0.25) is 4.79 Å².